The van der Waals surface area contributed by atoms with Gasteiger partial charge >= 0.3 is 0 Å². The number of nitrogens with zero attached hydrogens (tertiary/aromatic N) is 1. The lowest BCUT2D eigenvalue weighted by Crippen LogP contribution is -2.40. The summed E-state index contributed by atoms with van der Waals surface area (Å²) in [7, 11) is -2.58. The van der Waals surface area contributed by atoms with Gasteiger partial charge < -0.3 is 5.32 Å². The minimum atomic E-state index is -4.00. The first-order valence-corrected chi connectivity index (χ1v) is 7.32. The number of benzene rings is 1. The predicted molar refractivity (Wildman–Crippen MR) is 69.5 cm³/mol. The molecule has 0 radical (unpaired) electrons. The van der Waals surface area contributed by atoms with Gasteiger partial charge in [-0.15, -0.1) is 0 Å². The zero-order valence-corrected chi connectivity index (χ0v) is 11.7. The van der Waals surface area contributed by atoms with Crippen LogP contribution in [0.4, 0.5) is 4.39 Å². The Morgan fingerprint density at radius 1 is 1.37 bits per heavy atom. The van der Waals surface area contributed by atoms with E-state index in [0.717, 1.165) is 10.4 Å². The molecule has 0 saturated carbocycles. The third-order valence-corrected chi connectivity index (χ3v) is 4.40. The van der Waals surface area contributed by atoms with E-state index in [-0.39, 0.29) is 13.1 Å². The lowest BCUT2D eigenvalue weighted by molar-refractivity contribution is -0.120. The number of hydrogen-bond acceptors (Lipinski definition) is 3. The van der Waals surface area contributed by atoms with Gasteiger partial charge in [-0.25, -0.2) is 12.8 Å². The zero-order chi connectivity index (χ0) is 14.5. The zero-order valence-electron chi connectivity index (χ0n) is 10.9. The molecule has 0 aliphatic rings. The molecule has 1 aromatic carbocycles. The van der Waals surface area contributed by atoms with Crippen molar-refractivity contribution in [2.45, 2.75) is 18.2 Å². The van der Waals surface area contributed by atoms with Crippen molar-refractivity contribution >= 4 is 15.9 Å². The molecule has 0 aromatic heterocycles. The van der Waals surface area contributed by atoms with Gasteiger partial charge in [0.15, 0.2) is 0 Å². The first-order valence-electron chi connectivity index (χ1n) is 5.88. The SMILES string of the molecule is CCCN(CC(=O)NC)S(=O)(=O)c1ccccc1F. The minimum Gasteiger partial charge on any atom is -0.358 e. The average Bonchev–Trinajstić information content (AvgIpc) is 2.38. The number of nitrogens with one attached hydrogen (secondary N) is 1. The van der Waals surface area contributed by atoms with Crippen LogP contribution in [0, 0.1) is 5.82 Å². The first-order chi connectivity index (χ1) is 8.93. The second kappa shape index (κ2) is 6.63. The van der Waals surface area contributed by atoms with Gasteiger partial charge in [0.2, 0.25) is 15.9 Å². The Bertz CT molecular complexity index is 546. The number of likely N-dealkylation sites (N-methyl/N-ethyl adjacent to an activating group) is 1. The Kier molecular flexibility index (Phi) is 5.44. The number of amides is 1. The summed E-state index contributed by atoms with van der Waals surface area (Å²) in [5.74, 6) is -1.26. The number of carbonyl (C=O) groups excluding carboxylic acids is 1. The maximum absolute atomic E-state index is 13.6. The maximum Gasteiger partial charge on any atom is 0.246 e. The maximum atomic E-state index is 13.6. The normalized spacial score (nSPS) is 11.6. The van der Waals surface area contributed by atoms with Gasteiger partial charge in [-0.05, 0) is 18.6 Å². The minimum absolute atomic E-state index is 0.157. The molecule has 7 heteroatoms. The monoisotopic (exact) mass is 288 g/mol. The van der Waals surface area contributed by atoms with Gasteiger partial charge in [0.05, 0.1) is 6.54 Å². The van der Waals surface area contributed by atoms with Crippen LogP contribution in [0.1, 0.15) is 13.3 Å². The van der Waals surface area contributed by atoms with Crippen LogP contribution < -0.4 is 5.32 Å². The fourth-order valence-electron chi connectivity index (χ4n) is 1.57. The highest BCUT2D eigenvalue weighted by Crippen LogP contribution is 2.18. The molecular formula is C12H17FN2O3S. The second-order valence-electron chi connectivity index (χ2n) is 3.94. The first kappa shape index (κ1) is 15.6. The van der Waals surface area contributed by atoms with Crippen LogP contribution in [0.5, 0.6) is 0 Å². The van der Waals surface area contributed by atoms with E-state index in [1.54, 1.807) is 6.92 Å². The van der Waals surface area contributed by atoms with Gasteiger partial charge in [0.1, 0.15) is 10.7 Å². The summed E-state index contributed by atoms with van der Waals surface area (Å²) < 4.78 is 39.2. The molecule has 0 heterocycles. The van der Waals surface area contributed by atoms with Gasteiger partial charge in [0.25, 0.3) is 0 Å². The Morgan fingerprint density at radius 2 is 2.00 bits per heavy atom. The fourth-order valence-corrected chi connectivity index (χ4v) is 3.12. The third-order valence-electron chi connectivity index (χ3n) is 2.53. The van der Waals surface area contributed by atoms with E-state index >= 15 is 0 Å². The molecule has 19 heavy (non-hydrogen) atoms. The molecule has 0 spiro atoms. The molecule has 1 rings (SSSR count). The molecule has 1 aromatic rings. The number of rotatable bonds is 6. The summed E-state index contributed by atoms with van der Waals surface area (Å²) in [6.45, 7) is 1.62. The highest BCUT2D eigenvalue weighted by atomic mass is 32.2. The molecule has 0 unspecified atom stereocenters. The van der Waals surface area contributed by atoms with Gasteiger partial charge in [-0.1, -0.05) is 19.1 Å². The standard InChI is InChI=1S/C12H17FN2O3S/c1-3-8-15(9-12(16)14-2)19(17,18)11-7-5-4-6-10(11)13/h4-7H,3,8-9H2,1-2H3,(H,14,16). The van der Waals surface area contributed by atoms with E-state index in [0.29, 0.717) is 6.42 Å². The van der Waals surface area contributed by atoms with Crippen molar-refractivity contribution in [3.05, 3.63) is 30.1 Å². The van der Waals surface area contributed by atoms with Crippen molar-refractivity contribution < 1.29 is 17.6 Å². The number of sulfonamides is 1. The van der Waals surface area contributed by atoms with E-state index in [1.807, 2.05) is 0 Å². The second-order valence-corrected chi connectivity index (χ2v) is 5.85. The van der Waals surface area contributed by atoms with Crippen LogP contribution in [0.2, 0.25) is 0 Å². The van der Waals surface area contributed by atoms with E-state index in [9.17, 15) is 17.6 Å². The molecule has 0 atom stereocenters. The highest BCUT2D eigenvalue weighted by Gasteiger charge is 2.27. The molecule has 0 saturated heterocycles. The summed E-state index contributed by atoms with van der Waals surface area (Å²) >= 11 is 0. The predicted octanol–water partition coefficient (Wildman–Crippen LogP) is 0.972. The summed E-state index contributed by atoms with van der Waals surface area (Å²) in [4.78, 5) is 10.9. The summed E-state index contributed by atoms with van der Waals surface area (Å²) in [6.07, 6.45) is 0.532. The lowest BCUT2D eigenvalue weighted by Gasteiger charge is -2.20. The number of carbonyl (C=O) groups is 1. The van der Waals surface area contributed by atoms with Crippen molar-refractivity contribution in [3.8, 4) is 0 Å². The Hall–Kier alpha value is -1.47. The Labute approximate surface area is 112 Å². The smallest absolute Gasteiger partial charge is 0.246 e. The number of hydrogen-bond donors (Lipinski definition) is 1. The molecule has 0 bridgehead atoms. The molecular weight excluding hydrogens is 271 g/mol. The molecule has 5 nitrogen and oxygen atoms in total. The quantitative estimate of drug-likeness (QED) is 0.848. The summed E-state index contributed by atoms with van der Waals surface area (Å²) in [6, 6.07) is 5.13. The molecule has 1 amide bonds. The van der Waals surface area contributed by atoms with Crippen molar-refractivity contribution in [2.75, 3.05) is 20.1 Å². The van der Waals surface area contributed by atoms with Gasteiger partial charge in [-0.3, -0.25) is 4.79 Å². The molecule has 1 N–H and O–H groups in total. The van der Waals surface area contributed by atoms with Crippen LogP contribution >= 0.6 is 0 Å². The average molecular weight is 288 g/mol. The van der Waals surface area contributed by atoms with Crippen LogP contribution in [0.15, 0.2) is 29.2 Å². The van der Waals surface area contributed by atoms with E-state index < -0.39 is 26.6 Å². The van der Waals surface area contributed by atoms with Gasteiger partial charge in [-0.2, -0.15) is 4.31 Å². The summed E-state index contributed by atoms with van der Waals surface area (Å²) in [5.41, 5.74) is 0. The van der Waals surface area contributed by atoms with E-state index in [1.165, 1.54) is 25.2 Å². The van der Waals surface area contributed by atoms with E-state index in [2.05, 4.69) is 5.32 Å². The van der Waals surface area contributed by atoms with Crippen LogP contribution in [-0.4, -0.2) is 38.8 Å². The Morgan fingerprint density at radius 3 is 2.53 bits per heavy atom. The van der Waals surface area contributed by atoms with Crippen molar-refractivity contribution in [1.82, 2.24) is 9.62 Å². The topological polar surface area (TPSA) is 66.5 Å². The fraction of sp³-hybridized carbons (Fsp3) is 0.417. The van der Waals surface area contributed by atoms with Gasteiger partial charge in [0, 0.05) is 13.6 Å². The molecule has 0 aliphatic carbocycles. The van der Waals surface area contributed by atoms with Crippen molar-refractivity contribution in [1.29, 1.82) is 0 Å². The number of halogens is 1. The van der Waals surface area contributed by atoms with Crippen LogP contribution in [-0.2, 0) is 14.8 Å². The van der Waals surface area contributed by atoms with Crippen LogP contribution in [0.25, 0.3) is 0 Å². The lowest BCUT2D eigenvalue weighted by atomic mass is 10.3. The highest BCUT2D eigenvalue weighted by molar-refractivity contribution is 7.89. The summed E-state index contributed by atoms with van der Waals surface area (Å²) in [5, 5.41) is 2.35. The van der Waals surface area contributed by atoms with Crippen molar-refractivity contribution in [3.63, 3.8) is 0 Å². The largest absolute Gasteiger partial charge is 0.358 e. The van der Waals surface area contributed by atoms with Crippen molar-refractivity contribution in [2.24, 2.45) is 0 Å². The van der Waals surface area contributed by atoms with Crippen LogP contribution in [0.3, 0.4) is 0 Å². The van der Waals surface area contributed by atoms with E-state index in [4.69, 9.17) is 0 Å². The molecule has 106 valence electrons. The Balaban J connectivity index is 3.13. The molecule has 0 aliphatic heterocycles. The molecule has 0 fully saturated rings. The third kappa shape index (κ3) is 3.74.